The van der Waals surface area contributed by atoms with Gasteiger partial charge in [-0.1, -0.05) is 79.7 Å². The molecule has 2 amide bonds. The van der Waals surface area contributed by atoms with Gasteiger partial charge in [0, 0.05) is 5.69 Å². The normalized spacial score (nSPS) is 14.9. The van der Waals surface area contributed by atoms with Gasteiger partial charge in [0.25, 0.3) is 21.8 Å². The van der Waals surface area contributed by atoms with Crippen molar-refractivity contribution in [3.63, 3.8) is 0 Å². The third kappa shape index (κ3) is 10.2. The van der Waals surface area contributed by atoms with Crippen molar-refractivity contribution < 1.29 is 52.3 Å². The van der Waals surface area contributed by atoms with E-state index in [2.05, 4.69) is 51.7 Å². The predicted octanol–water partition coefficient (Wildman–Crippen LogP) is 3.75. The van der Waals surface area contributed by atoms with Gasteiger partial charge in [-0.3, -0.25) is 19.7 Å². The molecule has 1 saturated heterocycles. The molecule has 0 spiro atoms. The van der Waals surface area contributed by atoms with E-state index >= 15 is 0 Å². The zero-order valence-corrected chi connectivity index (χ0v) is 30.2. The summed E-state index contributed by atoms with van der Waals surface area (Å²) in [5.74, 6) is -0.829. The van der Waals surface area contributed by atoms with E-state index in [0.29, 0.717) is 23.7 Å². The van der Waals surface area contributed by atoms with Crippen molar-refractivity contribution in [1.29, 1.82) is 0 Å². The van der Waals surface area contributed by atoms with E-state index in [-0.39, 0.29) is 50.9 Å². The van der Waals surface area contributed by atoms with Gasteiger partial charge in [-0.05, 0) is 65.6 Å². The van der Waals surface area contributed by atoms with Crippen molar-refractivity contribution in [1.82, 2.24) is 5.43 Å². The molecular weight excluding hydrogens is 593 g/mol. The summed E-state index contributed by atoms with van der Waals surface area (Å²) in [4.78, 5) is 24.5. The van der Waals surface area contributed by atoms with E-state index in [9.17, 15) is 18.0 Å². The predicted molar refractivity (Wildman–Crippen MR) is 171 cm³/mol. The third-order valence-corrected chi connectivity index (χ3v) is 8.77. The summed E-state index contributed by atoms with van der Waals surface area (Å²) in [7, 11) is -4.04. The van der Waals surface area contributed by atoms with E-state index in [0.717, 1.165) is 41.7 Å². The summed E-state index contributed by atoms with van der Waals surface area (Å²) >= 11 is 4.76. The first kappa shape index (κ1) is 37.1. The molecule has 0 atom stereocenters. The van der Waals surface area contributed by atoms with Crippen LogP contribution >= 0.6 is 0 Å². The van der Waals surface area contributed by atoms with Gasteiger partial charge in [0.05, 0.1) is 17.9 Å². The number of hydrazine groups is 1. The molecule has 1 heterocycles. The summed E-state index contributed by atoms with van der Waals surface area (Å²) in [6.45, 7) is 13.4. The van der Waals surface area contributed by atoms with Crippen LogP contribution in [0.25, 0.3) is 0 Å². The summed E-state index contributed by atoms with van der Waals surface area (Å²) < 4.78 is 36.3. The number of carbonyl (C=O) groups excluding carboxylic acids is 2. The Morgan fingerprint density at radius 3 is 2.16 bits per heavy atom. The van der Waals surface area contributed by atoms with E-state index in [1.54, 1.807) is 24.3 Å². The molecule has 0 saturated carbocycles. The number of hydrogen-bond acceptors (Lipinski definition) is 6. The number of unbranched alkanes of at least 4 members (excludes halogenated alkanes) is 5. The Bertz CT molecular complexity index is 1400. The average molecular weight is 638 g/mol. The van der Waals surface area contributed by atoms with Gasteiger partial charge in [0.2, 0.25) is 0 Å². The molecule has 0 radical (unpaired) electrons. The number of hydrogen-bond donors (Lipinski definition) is 2. The summed E-state index contributed by atoms with van der Waals surface area (Å²) in [5.41, 5.74) is 3.69. The van der Waals surface area contributed by atoms with Crippen LogP contribution in [0.2, 0.25) is 0 Å². The van der Waals surface area contributed by atoms with Crippen LogP contribution in [0.15, 0.2) is 58.3 Å². The Kier molecular flexibility index (Phi) is 13.6. The number of sulfonamides is 1. The van der Waals surface area contributed by atoms with Gasteiger partial charge in [-0.2, -0.15) is 5.41 Å². The molecule has 0 aromatic heterocycles. The topological polar surface area (TPSA) is 105 Å². The fourth-order valence-electron chi connectivity index (χ4n) is 5.36. The monoisotopic (exact) mass is 637 g/mol. The number of amides is 2. The summed E-state index contributed by atoms with van der Waals surface area (Å²) in [5, 5.41) is 2.12. The van der Waals surface area contributed by atoms with Crippen LogP contribution in [-0.2, 0) is 37.7 Å². The van der Waals surface area contributed by atoms with Crippen molar-refractivity contribution in [3.8, 4) is 5.75 Å². The number of benzene rings is 2. The van der Waals surface area contributed by atoms with Crippen molar-refractivity contribution in [2.75, 3.05) is 16.3 Å². The molecule has 1 aliphatic rings. The Balaban J connectivity index is 0.00000645. The fourth-order valence-corrected chi connectivity index (χ4v) is 6.79. The molecule has 43 heavy (non-hydrogen) atoms. The van der Waals surface area contributed by atoms with Gasteiger partial charge in [-0.25, -0.2) is 13.4 Å². The van der Waals surface area contributed by atoms with Gasteiger partial charge < -0.3 is 17.4 Å². The smallest absolute Gasteiger partial charge is 0.786 e. The maximum Gasteiger partial charge on any atom is 1.00 e. The molecule has 0 unspecified atom stereocenters. The summed E-state index contributed by atoms with van der Waals surface area (Å²) in [6, 6.07) is 11.6. The maximum atomic E-state index is 13.8. The molecule has 230 valence electrons. The molecule has 8 nitrogen and oxygen atoms in total. The first-order valence-corrected chi connectivity index (χ1v) is 16.5. The maximum absolute atomic E-state index is 13.8. The number of nitrogens with zero attached hydrogens (tertiary/aromatic N) is 1. The Morgan fingerprint density at radius 1 is 0.953 bits per heavy atom. The SMILES string of the molecule is CCCCCCCCOc1ccc(C(C)(C)CC(C)(C)C)cc1S(=O)(=O)Nc1ccc(N2NC(=O)/C(=C/[S-])C2=O)cc1.[Na+]. The molecule has 0 bridgehead atoms. The summed E-state index contributed by atoms with van der Waals surface area (Å²) in [6.07, 6.45) is 7.48. The van der Waals surface area contributed by atoms with Crippen LogP contribution < -0.4 is 49.5 Å². The minimum absolute atomic E-state index is 0. The average Bonchev–Trinajstić information content (AvgIpc) is 3.19. The van der Waals surface area contributed by atoms with Crippen molar-refractivity contribution in [3.05, 3.63) is 59.0 Å². The van der Waals surface area contributed by atoms with Crippen LogP contribution in [0.4, 0.5) is 11.4 Å². The molecule has 1 aliphatic heterocycles. The first-order valence-electron chi connectivity index (χ1n) is 14.6. The van der Waals surface area contributed by atoms with Crippen molar-refractivity contribution in [2.45, 2.75) is 96.8 Å². The standard InChI is InChI=1S/C32H45N3O5S2.Na/c1-7-8-9-10-11-12-19-40-27-18-13-23(32(5,6)22-31(2,3)4)20-28(27)42(38,39)34-24-14-16-25(17-15-24)35-30(37)26(21-41)29(36)33-35;/h13-18,20-21,34,41H,7-12,19,22H2,1-6H3,(H,33,36);/q;+1/p-1/b26-21-;. The largest absolute Gasteiger partial charge is 1.00 e. The van der Waals surface area contributed by atoms with Gasteiger partial charge >= 0.3 is 29.6 Å². The molecule has 1 fully saturated rings. The van der Waals surface area contributed by atoms with Gasteiger partial charge in [0.15, 0.2) is 0 Å². The Morgan fingerprint density at radius 2 is 1.58 bits per heavy atom. The van der Waals surface area contributed by atoms with E-state index in [1.165, 1.54) is 31.4 Å². The Hall–Kier alpha value is -2.11. The third-order valence-electron chi connectivity index (χ3n) is 7.13. The van der Waals surface area contributed by atoms with Gasteiger partial charge in [0.1, 0.15) is 10.6 Å². The fraction of sp³-hybridized carbons (Fsp3) is 0.500. The van der Waals surface area contributed by atoms with Crippen LogP contribution in [0.1, 0.15) is 92.1 Å². The molecule has 2 N–H and O–H groups in total. The van der Waals surface area contributed by atoms with Crippen LogP contribution in [0.5, 0.6) is 5.75 Å². The number of anilines is 2. The minimum atomic E-state index is -4.04. The molecular formula is C32H44N3NaO5S2. The second-order valence-electron chi connectivity index (χ2n) is 12.7. The molecule has 2 aromatic rings. The quantitative estimate of drug-likeness (QED) is 0.108. The van der Waals surface area contributed by atoms with Crippen LogP contribution in [0.3, 0.4) is 0 Å². The Labute approximate surface area is 285 Å². The van der Waals surface area contributed by atoms with Crippen molar-refractivity contribution >= 4 is 45.8 Å². The number of carbonyl (C=O) groups is 2. The van der Waals surface area contributed by atoms with Crippen LogP contribution in [0, 0.1) is 5.41 Å². The number of rotatable bonds is 14. The van der Waals surface area contributed by atoms with E-state index in [1.807, 2.05) is 6.07 Å². The van der Waals surface area contributed by atoms with Crippen molar-refractivity contribution in [2.24, 2.45) is 5.41 Å². The van der Waals surface area contributed by atoms with E-state index in [4.69, 9.17) is 17.4 Å². The second-order valence-corrected chi connectivity index (χ2v) is 14.6. The number of ether oxygens (including phenoxy) is 1. The van der Waals surface area contributed by atoms with E-state index < -0.39 is 21.8 Å². The zero-order valence-electron chi connectivity index (χ0n) is 26.6. The first-order chi connectivity index (χ1) is 19.7. The molecule has 2 aromatic carbocycles. The molecule has 3 rings (SSSR count). The number of nitrogens with one attached hydrogen (secondary N) is 2. The van der Waals surface area contributed by atoms with Crippen LogP contribution in [-0.4, -0.2) is 26.8 Å². The molecule has 11 heteroatoms. The minimum Gasteiger partial charge on any atom is -0.786 e. The van der Waals surface area contributed by atoms with Gasteiger partial charge in [-0.15, -0.1) is 0 Å². The molecule has 0 aliphatic carbocycles. The second kappa shape index (κ2) is 15.8. The zero-order chi connectivity index (χ0) is 31.1.